The van der Waals surface area contributed by atoms with Gasteiger partial charge >= 0.3 is 24.0 Å². The molecule has 1 aromatic rings. The second-order valence-electron chi connectivity index (χ2n) is 9.89. The molecule has 38 heavy (non-hydrogen) atoms. The van der Waals surface area contributed by atoms with Gasteiger partial charge in [0.15, 0.2) is 0 Å². The molecule has 5 N–H and O–H groups in total. The Kier molecular flexibility index (Phi) is 16.6. The first-order chi connectivity index (χ1) is 17.7. The number of carboxylic acid groups (broad SMARTS) is 2. The van der Waals surface area contributed by atoms with Crippen LogP contribution in [0.3, 0.4) is 0 Å². The van der Waals surface area contributed by atoms with Gasteiger partial charge in [0, 0.05) is 0 Å². The molecule has 0 spiro atoms. The van der Waals surface area contributed by atoms with E-state index in [-0.39, 0.29) is 17.9 Å². The summed E-state index contributed by atoms with van der Waals surface area (Å²) in [5, 5.41) is 25.9. The largest absolute Gasteiger partial charge is 0.480 e. The average Bonchev–Trinajstić information content (AvgIpc) is 3.40. The molecule has 0 radical (unpaired) electrons. The number of carbonyl (C=O) groups is 4. The molecule has 4 atom stereocenters. The van der Waals surface area contributed by atoms with E-state index in [4.69, 9.17) is 14.9 Å². The van der Waals surface area contributed by atoms with E-state index in [9.17, 15) is 19.2 Å². The maximum atomic E-state index is 11.4. The van der Waals surface area contributed by atoms with Crippen molar-refractivity contribution in [3.05, 3.63) is 35.9 Å². The van der Waals surface area contributed by atoms with Crippen molar-refractivity contribution < 1.29 is 38.9 Å². The van der Waals surface area contributed by atoms with Crippen LogP contribution in [-0.2, 0) is 30.3 Å². The second kappa shape index (κ2) is 18.1. The zero-order valence-electron chi connectivity index (χ0n) is 23.6. The number of carbonyl (C=O) groups excluding carboxylic acids is 2. The molecule has 216 valence electrons. The minimum atomic E-state index is -1.04. The van der Waals surface area contributed by atoms with E-state index < -0.39 is 35.7 Å². The highest BCUT2D eigenvalue weighted by Crippen LogP contribution is 2.11. The minimum Gasteiger partial charge on any atom is -0.480 e. The SMILES string of the molecule is CCC(C)C(NC(=O)OC(C)(C)C)C(=O)O.CNC(Cc1ccccc1)C(=O)O.COC(=O)[C@@H]1CCCN1. The van der Waals surface area contributed by atoms with Crippen molar-refractivity contribution in [2.75, 3.05) is 20.7 Å². The van der Waals surface area contributed by atoms with Gasteiger partial charge in [-0.2, -0.15) is 0 Å². The van der Waals surface area contributed by atoms with Crippen molar-refractivity contribution in [2.45, 2.75) is 84.0 Å². The Morgan fingerprint density at radius 1 is 1.11 bits per heavy atom. The van der Waals surface area contributed by atoms with E-state index in [0.29, 0.717) is 12.8 Å². The Labute approximate surface area is 225 Å². The summed E-state index contributed by atoms with van der Waals surface area (Å²) in [6, 6.07) is 8.14. The van der Waals surface area contributed by atoms with E-state index >= 15 is 0 Å². The van der Waals surface area contributed by atoms with Gasteiger partial charge in [-0.05, 0) is 65.1 Å². The molecule has 1 amide bonds. The summed E-state index contributed by atoms with van der Waals surface area (Å²) in [6.45, 7) is 9.77. The average molecular weight is 540 g/mol. The van der Waals surface area contributed by atoms with E-state index in [1.807, 2.05) is 37.3 Å². The van der Waals surface area contributed by atoms with Crippen molar-refractivity contribution in [1.82, 2.24) is 16.0 Å². The number of alkyl carbamates (subject to hydrolysis) is 1. The van der Waals surface area contributed by atoms with Crippen LogP contribution < -0.4 is 16.0 Å². The number of rotatable bonds is 9. The topological polar surface area (TPSA) is 163 Å². The van der Waals surface area contributed by atoms with E-state index in [2.05, 4.69) is 20.7 Å². The van der Waals surface area contributed by atoms with Gasteiger partial charge in [-0.15, -0.1) is 0 Å². The van der Waals surface area contributed by atoms with Crippen molar-refractivity contribution in [3.8, 4) is 0 Å². The fourth-order valence-corrected chi connectivity index (χ4v) is 3.31. The molecule has 0 saturated carbocycles. The van der Waals surface area contributed by atoms with E-state index in [1.54, 1.807) is 34.7 Å². The third kappa shape index (κ3) is 15.2. The number of nitrogens with one attached hydrogen (secondary N) is 3. The van der Waals surface area contributed by atoms with Gasteiger partial charge in [-0.1, -0.05) is 50.6 Å². The molecular formula is C27H45N3O8. The first-order valence-electron chi connectivity index (χ1n) is 12.7. The number of ether oxygens (including phenoxy) is 2. The number of aliphatic carboxylic acids is 2. The molecule has 0 aromatic heterocycles. The lowest BCUT2D eigenvalue weighted by molar-refractivity contribution is -0.143. The standard InChI is InChI=1S/C11H21NO4.C10H13NO2.C6H11NO2/c1-6-7(2)8(9(13)14)12-10(15)16-11(3,4)5;1-11-9(10(12)13)7-8-5-3-2-4-6-8;1-9-6(8)5-3-2-4-7-5/h7-8H,6H2,1-5H3,(H,12,15)(H,13,14);2-6,9,11H,7H2,1H3,(H,12,13);5,7H,2-4H2,1H3/t;;5-/m..0/s1. The van der Waals surface area contributed by atoms with Gasteiger partial charge in [0.25, 0.3) is 0 Å². The van der Waals surface area contributed by atoms with Crippen LogP contribution in [0, 0.1) is 5.92 Å². The Morgan fingerprint density at radius 3 is 2.11 bits per heavy atom. The molecule has 1 heterocycles. The van der Waals surface area contributed by atoms with Crippen LogP contribution in [0.4, 0.5) is 4.79 Å². The highest BCUT2D eigenvalue weighted by Gasteiger charge is 2.27. The number of amides is 1. The molecule has 1 aliphatic heterocycles. The summed E-state index contributed by atoms with van der Waals surface area (Å²) in [4.78, 5) is 43.7. The Balaban J connectivity index is 0.000000560. The quantitative estimate of drug-likeness (QED) is 0.295. The normalized spacial score (nSPS) is 16.8. The number of likely N-dealkylation sites (N-methyl/N-ethyl adjacent to an activating group) is 1. The predicted octanol–water partition coefficient (Wildman–Crippen LogP) is 2.82. The lowest BCUT2D eigenvalue weighted by Gasteiger charge is -2.24. The summed E-state index contributed by atoms with van der Waals surface area (Å²) in [6.07, 6.45) is 2.51. The lowest BCUT2D eigenvalue weighted by Crippen LogP contribution is -2.46. The predicted molar refractivity (Wildman–Crippen MR) is 144 cm³/mol. The highest BCUT2D eigenvalue weighted by atomic mass is 16.6. The third-order valence-electron chi connectivity index (χ3n) is 5.63. The number of esters is 1. The number of hydrogen-bond acceptors (Lipinski definition) is 8. The molecule has 11 nitrogen and oxygen atoms in total. The number of benzene rings is 1. The molecule has 1 fully saturated rings. The minimum absolute atomic E-state index is 0.0324. The maximum absolute atomic E-state index is 11.4. The zero-order chi connectivity index (χ0) is 29.3. The van der Waals surface area contributed by atoms with Gasteiger partial charge < -0.3 is 35.6 Å². The number of methoxy groups -OCH3 is 1. The van der Waals surface area contributed by atoms with Crippen molar-refractivity contribution in [1.29, 1.82) is 0 Å². The van der Waals surface area contributed by atoms with Crippen molar-refractivity contribution in [2.24, 2.45) is 5.92 Å². The summed E-state index contributed by atoms with van der Waals surface area (Å²) in [5.74, 6) is -2.12. The zero-order valence-corrected chi connectivity index (χ0v) is 23.6. The van der Waals surface area contributed by atoms with Crippen LogP contribution in [0.15, 0.2) is 30.3 Å². The van der Waals surface area contributed by atoms with Crippen LogP contribution in [0.1, 0.15) is 59.4 Å². The first-order valence-corrected chi connectivity index (χ1v) is 12.7. The van der Waals surface area contributed by atoms with Gasteiger partial charge in [-0.25, -0.2) is 9.59 Å². The van der Waals surface area contributed by atoms with E-state index in [1.165, 1.54) is 7.11 Å². The van der Waals surface area contributed by atoms with E-state index in [0.717, 1.165) is 24.9 Å². The molecule has 0 bridgehead atoms. The Bertz CT molecular complexity index is 852. The summed E-state index contributed by atoms with van der Waals surface area (Å²) < 4.78 is 9.53. The van der Waals surface area contributed by atoms with Crippen molar-refractivity contribution >= 4 is 24.0 Å². The summed E-state index contributed by atoms with van der Waals surface area (Å²) in [5.41, 5.74) is 0.409. The molecule has 1 aliphatic rings. The Morgan fingerprint density at radius 2 is 1.71 bits per heavy atom. The maximum Gasteiger partial charge on any atom is 0.408 e. The lowest BCUT2D eigenvalue weighted by atomic mass is 10.00. The van der Waals surface area contributed by atoms with Crippen LogP contribution >= 0.6 is 0 Å². The Hall–Kier alpha value is -3.18. The van der Waals surface area contributed by atoms with Gasteiger partial charge in [-0.3, -0.25) is 9.59 Å². The molecule has 2 rings (SSSR count). The first kappa shape index (κ1) is 34.8. The molecule has 1 aromatic carbocycles. The van der Waals surface area contributed by atoms with Crippen LogP contribution in [-0.4, -0.2) is 78.6 Å². The van der Waals surface area contributed by atoms with Crippen LogP contribution in [0.25, 0.3) is 0 Å². The summed E-state index contributed by atoms with van der Waals surface area (Å²) >= 11 is 0. The van der Waals surface area contributed by atoms with Gasteiger partial charge in [0.05, 0.1) is 7.11 Å². The third-order valence-corrected chi connectivity index (χ3v) is 5.63. The van der Waals surface area contributed by atoms with Crippen molar-refractivity contribution in [3.63, 3.8) is 0 Å². The fourth-order valence-electron chi connectivity index (χ4n) is 3.31. The molecule has 1 saturated heterocycles. The fraction of sp³-hybridized carbons (Fsp3) is 0.630. The highest BCUT2D eigenvalue weighted by molar-refractivity contribution is 5.80. The molecule has 0 aliphatic carbocycles. The number of carboxylic acids is 2. The smallest absolute Gasteiger partial charge is 0.408 e. The van der Waals surface area contributed by atoms with Crippen LogP contribution in [0.5, 0.6) is 0 Å². The molecule has 11 heteroatoms. The van der Waals surface area contributed by atoms with Gasteiger partial charge in [0.2, 0.25) is 0 Å². The molecule has 3 unspecified atom stereocenters. The summed E-state index contributed by atoms with van der Waals surface area (Å²) in [7, 11) is 3.07. The monoisotopic (exact) mass is 539 g/mol. The second-order valence-corrected chi connectivity index (χ2v) is 9.89. The number of hydrogen-bond donors (Lipinski definition) is 5. The molecular weight excluding hydrogens is 494 g/mol. The van der Waals surface area contributed by atoms with Crippen LogP contribution in [0.2, 0.25) is 0 Å². The van der Waals surface area contributed by atoms with Gasteiger partial charge in [0.1, 0.15) is 23.7 Å².